The predicted molar refractivity (Wildman–Crippen MR) is 71.6 cm³/mol. The molecule has 0 aromatic rings. The van der Waals surface area contributed by atoms with Crippen LogP contribution in [0.25, 0.3) is 0 Å². The molecule has 1 aliphatic rings. The van der Waals surface area contributed by atoms with E-state index in [4.69, 9.17) is 0 Å². The van der Waals surface area contributed by atoms with Crippen molar-refractivity contribution in [3.63, 3.8) is 0 Å². The molecule has 1 saturated heterocycles. The standard InChI is InChI=1S/C13H27NS/c1-12(2,3)11-7-9-15-10-8-14(11)13(4,5)6/h11H,7-10H2,1-6H3/t11-/m1/s1. The predicted octanol–water partition coefficient (Wildman–Crippen LogP) is 3.64. The van der Waals surface area contributed by atoms with E-state index < -0.39 is 0 Å². The molecule has 0 unspecified atom stereocenters. The summed E-state index contributed by atoms with van der Waals surface area (Å²) in [6.45, 7) is 15.4. The smallest absolute Gasteiger partial charge is 0.0157 e. The monoisotopic (exact) mass is 229 g/mol. The lowest BCUT2D eigenvalue weighted by atomic mass is 9.82. The van der Waals surface area contributed by atoms with E-state index in [0.29, 0.717) is 11.0 Å². The summed E-state index contributed by atoms with van der Waals surface area (Å²) < 4.78 is 0. The van der Waals surface area contributed by atoms with Crippen molar-refractivity contribution >= 4 is 11.8 Å². The van der Waals surface area contributed by atoms with Crippen LogP contribution in [0.5, 0.6) is 0 Å². The topological polar surface area (TPSA) is 3.24 Å². The summed E-state index contributed by atoms with van der Waals surface area (Å²) in [5, 5.41) is 0. The van der Waals surface area contributed by atoms with Crippen LogP contribution in [-0.4, -0.2) is 34.5 Å². The molecule has 1 heterocycles. The molecule has 15 heavy (non-hydrogen) atoms. The maximum absolute atomic E-state index is 2.72. The van der Waals surface area contributed by atoms with Crippen LogP contribution in [0.15, 0.2) is 0 Å². The average Bonchev–Trinajstić information content (AvgIpc) is 2.24. The largest absolute Gasteiger partial charge is 0.294 e. The molecule has 0 aromatic heterocycles. The lowest BCUT2D eigenvalue weighted by molar-refractivity contribution is 0.0283. The molecule has 0 aliphatic carbocycles. The maximum Gasteiger partial charge on any atom is 0.0157 e. The third kappa shape index (κ3) is 3.67. The third-order valence-electron chi connectivity index (χ3n) is 3.25. The molecule has 0 aromatic carbocycles. The van der Waals surface area contributed by atoms with Gasteiger partial charge in [-0.25, -0.2) is 0 Å². The molecule has 0 spiro atoms. The molecular weight excluding hydrogens is 202 g/mol. The van der Waals surface area contributed by atoms with E-state index in [1.54, 1.807) is 0 Å². The second kappa shape index (κ2) is 4.67. The van der Waals surface area contributed by atoms with E-state index in [2.05, 4.69) is 58.2 Å². The van der Waals surface area contributed by atoms with Crippen molar-refractivity contribution in [1.29, 1.82) is 0 Å². The Hall–Kier alpha value is 0.310. The van der Waals surface area contributed by atoms with Gasteiger partial charge in [0.1, 0.15) is 0 Å². The van der Waals surface area contributed by atoms with Crippen molar-refractivity contribution < 1.29 is 0 Å². The van der Waals surface area contributed by atoms with Crippen molar-refractivity contribution in [2.24, 2.45) is 5.41 Å². The molecule has 1 atom stereocenters. The molecule has 0 N–H and O–H groups in total. The summed E-state index contributed by atoms with van der Waals surface area (Å²) in [7, 11) is 0. The number of nitrogens with zero attached hydrogens (tertiary/aromatic N) is 1. The summed E-state index contributed by atoms with van der Waals surface area (Å²) >= 11 is 2.11. The number of thioether (sulfide) groups is 1. The fourth-order valence-corrected chi connectivity index (χ4v) is 3.39. The van der Waals surface area contributed by atoms with Gasteiger partial charge < -0.3 is 0 Å². The van der Waals surface area contributed by atoms with Crippen LogP contribution in [0.1, 0.15) is 48.0 Å². The molecule has 1 rings (SSSR count). The molecule has 0 saturated carbocycles. The first-order chi connectivity index (χ1) is 6.73. The van der Waals surface area contributed by atoms with Gasteiger partial charge in [0, 0.05) is 23.9 Å². The van der Waals surface area contributed by atoms with Gasteiger partial charge in [-0.3, -0.25) is 4.90 Å². The highest BCUT2D eigenvalue weighted by Crippen LogP contribution is 2.34. The molecule has 1 aliphatic heterocycles. The van der Waals surface area contributed by atoms with E-state index in [9.17, 15) is 0 Å². The second-order valence-corrected chi connectivity index (χ2v) is 7.87. The Morgan fingerprint density at radius 1 is 1.00 bits per heavy atom. The first kappa shape index (κ1) is 13.4. The van der Waals surface area contributed by atoms with E-state index in [1.807, 2.05) is 0 Å². The average molecular weight is 229 g/mol. The van der Waals surface area contributed by atoms with E-state index in [0.717, 1.165) is 6.04 Å². The summed E-state index contributed by atoms with van der Waals surface area (Å²) in [6, 6.07) is 0.729. The normalized spacial score (nSPS) is 26.4. The van der Waals surface area contributed by atoms with E-state index in [1.165, 1.54) is 24.5 Å². The zero-order chi connectivity index (χ0) is 11.7. The van der Waals surface area contributed by atoms with E-state index >= 15 is 0 Å². The summed E-state index contributed by atoms with van der Waals surface area (Å²) in [4.78, 5) is 2.72. The van der Waals surface area contributed by atoms with Crippen molar-refractivity contribution in [3.8, 4) is 0 Å². The van der Waals surface area contributed by atoms with Crippen LogP contribution in [0.2, 0.25) is 0 Å². The summed E-state index contributed by atoms with van der Waals surface area (Å²) in [5.74, 6) is 2.62. The lowest BCUT2D eigenvalue weighted by Gasteiger charge is -2.46. The van der Waals surface area contributed by atoms with Gasteiger partial charge in [-0.2, -0.15) is 11.8 Å². The Labute approximate surface area is 100.0 Å². The molecule has 0 radical (unpaired) electrons. The van der Waals surface area contributed by atoms with Crippen molar-refractivity contribution in [3.05, 3.63) is 0 Å². The van der Waals surface area contributed by atoms with Crippen LogP contribution in [-0.2, 0) is 0 Å². The maximum atomic E-state index is 2.72. The minimum Gasteiger partial charge on any atom is -0.294 e. The van der Waals surface area contributed by atoms with Gasteiger partial charge in [0.15, 0.2) is 0 Å². The fourth-order valence-electron chi connectivity index (χ4n) is 2.48. The van der Waals surface area contributed by atoms with Gasteiger partial charge in [-0.05, 0) is 38.4 Å². The third-order valence-corrected chi connectivity index (χ3v) is 4.25. The minimum absolute atomic E-state index is 0.308. The van der Waals surface area contributed by atoms with Crippen molar-refractivity contribution in [2.45, 2.75) is 59.5 Å². The number of hydrogen-bond donors (Lipinski definition) is 0. The Morgan fingerprint density at radius 2 is 1.60 bits per heavy atom. The summed E-state index contributed by atoms with van der Waals surface area (Å²) in [5.41, 5.74) is 0.709. The second-order valence-electron chi connectivity index (χ2n) is 6.65. The molecule has 1 nitrogen and oxygen atoms in total. The highest BCUT2D eigenvalue weighted by Gasteiger charge is 2.36. The number of hydrogen-bond acceptors (Lipinski definition) is 2. The van der Waals surface area contributed by atoms with Gasteiger partial charge in [-0.15, -0.1) is 0 Å². The highest BCUT2D eigenvalue weighted by atomic mass is 32.2. The highest BCUT2D eigenvalue weighted by molar-refractivity contribution is 7.99. The zero-order valence-electron chi connectivity index (χ0n) is 11.3. The molecule has 2 heteroatoms. The van der Waals surface area contributed by atoms with Gasteiger partial charge in [0.2, 0.25) is 0 Å². The molecule has 0 amide bonds. The summed E-state index contributed by atoms with van der Waals surface area (Å²) in [6.07, 6.45) is 1.34. The number of rotatable bonds is 0. The first-order valence-electron chi connectivity index (χ1n) is 6.07. The van der Waals surface area contributed by atoms with Gasteiger partial charge in [0.25, 0.3) is 0 Å². The van der Waals surface area contributed by atoms with Gasteiger partial charge in [-0.1, -0.05) is 20.8 Å². The van der Waals surface area contributed by atoms with Crippen LogP contribution in [0, 0.1) is 5.41 Å². The Bertz CT molecular complexity index is 178. The zero-order valence-corrected chi connectivity index (χ0v) is 12.1. The lowest BCUT2D eigenvalue weighted by Crippen LogP contribution is -2.53. The van der Waals surface area contributed by atoms with Crippen LogP contribution in [0.3, 0.4) is 0 Å². The molecule has 1 fully saturated rings. The van der Waals surface area contributed by atoms with Gasteiger partial charge >= 0.3 is 0 Å². The first-order valence-corrected chi connectivity index (χ1v) is 7.23. The minimum atomic E-state index is 0.308. The van der Waals surface area contributed by atoms with Crippen LogP contribution >= 0.6 is 11.8 Å². The Morgan fingerprint density at radius 3 is 2.07 bits per heavy atom. The quantitative estimate of drug-likeness (QED) is 0.624. The molecular formula is C13H27NS. The van der Waals surface area contributed by atoms with Crippen molar-refractivity contribution in [2.75, 3.05) is 18.1 Å². The molecule has 0 bridgehead atoms. The van der Waals surface area contributed by atoms with Crippen molar-refractivity contribution in [1.82, 2.24) is 4.90 Å². The van der Waals surface area contributed by atoms with Crippen LogP contribution < -0.4 is 0 Å². The van der Waals surface area contributed by atoms with Gasteiger partial charge in [0.05, 0.1) is 0 Å². The van der Waals surface area contributed by atoms with Crippen LogP contribution in [0.4, 0.5) is 0 Å². The Balaban J connectivity index is 2.86. The Kier molecular flexibility index (Phi) is 4.16. The SMILES string of the molecule is CC(C)(C)[C@H]1CCSCCN1C(C)(C)C. The van der Waals surface area contributed by atoms with E-state index in [-0.39, 0.29) is 0 Å². The fraction of sp³-hybridized carbons (Fsp3) is 1.00. The molecule has 90 valence electrons.